The monoisotopic (exact) mass is 148 g/mol. The highest BCUT2D eigenvalue weighted by molar-refractivity contribution is 8.29. The topological polar surface area (TPSA) is 100 Å². The predicted octanol–water partition coefficient (Wildman–Crippen LogP) is -1.81. The summed E-state index contributed by atoms with van der Waals surface area (Å²) in [7, 11) is -2.83. The highest BCUT2D eigenvalue weighted by Gasteiger charge is 1.75. The Bertz CT molecular complexity index is 92.9. The first-order valence-corrected chi connectivity index (χ1v) is 3.77. The van der Waals surface area contributed by atoms with Gasteiger partial charge in [-0.3, -0.25) is 0 Å². The van der Waals surface area contributed by atoms with Gasteiger partial charge >= 0.3 is 0 Å². The zero-order chi connectivity index (χ0) is 4.50. The van der Waals surface area contributed by atoms with E-state index in [0.29, 0.717) is 0 Å². The Morgan fingerprint density at radius 2 is 1.57 bits per heavy atom. The molecular formula is CH8O4S2. The molecule has 0 heterocycles. The van der Waals surface area contributed by atoms with Crippen molar-refractivity contribution in [3.05, 3.63) is 0 Å². The molecule has 0 aliphatic rings. The fraction of sp³-hybridized carbons (Fsp3) is 1.00. The van der Waals surface area contributed by atoms with Crippen molar-refractivity contribution in [1.82, 2.24) is 0 Å². The summed E-state index contributed by atoms with van der Waals surface area (Å²) in [4.78, 5) is 0. The van der Waals surface area contributed by atoms with Gasteiger partial charge in [-0.05, 0) is 0 Å². The second-order valence-corrected chi connectivity index (χ2v) is 4.05. The zero-order valence-corrected chi connectivity index (χ0v) is 5.30. The fourth-order valence-corrected chi connectivity index (χ4v) is 0. The van der Waals surface area contributed by atoms with E-state index in [-0.39, 0.29) is 11.0 Å². The van der Waals surface area contributed by atoms with E-state index in [9.17, 15) is 4.21 Å². The number of rotatable bonds is 0. The van der Waals surface area contributed by atoms with E-state index in [4.69, 9.17) is 4.55 Å². The molecular weight excluding hydrogens is 140 g/mol. The van der Waals surface area contributed by atoms with E-state index >= 15 is 0 Å². The third kappa shape index (κ3) is 1810. The Morgan fingerprint density at radius 1 is 1.57 bits per heavy atom. The lowest BCUT2D eigenvalue weighted by atomic mass is 12.0. The molecule has 0 aliphatic carbocycles. The minimum atomic E-state index is -2.83. The van der Waals surface area contributed by atoms with Gasteiger partial charge in [-0.15, -0.1) is 0 Å². The number of hydrogen-bond donors (Lipinski definition) is 1. The summed E-state index contributed by atoms with van der Waals surface area (Å²) in [5.74, 6) is 0. The molecule has 6 heteroatoms. The zero-order valence-electron chi connectivity index (χ0n) is 3.67. The molecule has 0 bridgehead atoms. The Kier molecular flexibility index (Phi) is 9.88. The molecule has 0 aromatic rings. The van der Waals surface area contributed by atoms with Crippen molar-refractivity contribution in [3.63, 3.8) is 0 Å². The first kappa shape index (κ1) is 15.7. The molecule has 7 heavy (non-hydrogen) atoms. The van der Waals surface area contributed by atoms with Crippen LogP contribution in [-0.2, 0) is 20.0 Å². The van der Waals surface area contributed by atoms with Gasteiger partial charge in [0, 0.05) is 17.4 Å². The molecule has 0 saturated carbocycles. The van der Waals surface area contributed by atoms with Crippen LogP contribution in [-0.4, -0.2) is 26.0 Å². The molecule has 0 spiro atoms. The van der Waals surface area contributed by atoms with Crippen LogP contribution in [0.2, 0.25) is 0 Å². The van der Waals surface area contributed by atoms with Crippen LogP contribution in [0.3, 0.4) is 0 Å². The summed E-state index contributed by atoms with van der Waals surface area (Å²) in [5, 5.41) is 0. The lowest BCUT2D eigenvalue weighted by Gasteiger charge is -1.74. The molecule has 0 amide bonds. The summed E-state index contributed by atoms with van der Waals surface area (Å²) >= 11 is 3.91. The van der Waals surface area contributed by atoms with Crippen molar-refractivity contribution in [2.75, 3.05) is 6.26 Å². The van der Waals surface area contributed by atoms with Crippen LogP contribution in [0.25, 0.3) is 0 Å². The maximum atomic E-state index is 9.56. The van der Waals surface area contributed by atoms with Gasteiger partial charge in [-0.1, -0.05) is 0 Å². The van der Waals surface area contributed by atoms with Gasteiger partial charge in [0.05, 0.1) is 0 Å². The maximum absolute atomic E-state index is 9.56. The lowest BCUT2D eigenvalue weighted by Crippen LogP contribution is -1.85. The van der Waals surface area contributed by atoms with E-state index < -0.39 is 8.77 Å². The van der Waals surface area contributed by atoms with Crippen LogP contribution in [0.5, 0.6) is 0 Å². The molecule has 0 aromatic heterocycles. The first-order chi connectivity index (χ1) is 2.00. The summed E-state index contributed by atoms with van der Waals surface area (Å²) in [6.45, 7) is 0. The first-order valence-electron chi connectivity index (χ1n) is 0.924. The van der Waals surface area contributed by atoms with Crippen molar-refractivity contribution in [2.45, 2.75) is 0 Å². The average Bonchev–Trinajstić information content (AvgIpc) is 0.722. The summed E-state index contributed by atoms with van der Waals surface area (Å²) in [6, 6.07) is 0. The van der Waals surface area contributed by atoms with E-state index in [0.717, 1.165) is 6.26 Å². The molecule has 0 aromatic carbocycles. The molecule has 5 N–H and O–H groups in total. The van der Waals surface area contributed by atoms with Gasteiger partial charge in [0.25, 0.3) is 0 Å². The largest absolute Gasteiger partial charge is 0.412 e. The van der Waals surface area contributed by atoms with Crippen molar-refractivity contribution < 1.29 is 19.7 Å². The minimum absolute atomic E-state index is 0. The third-order valence-corrected chi connectivity index (χ3v) is 0. The highest BCUT2D eigenvalue weighted by atomic mass is 32.8. The SMILES string of the molecule is CS(=O)(O)=S.O.O. The third-order valence-electron chi connectivity index (χ3n) is 0. The van der Waals surface area contributed by atoms with Crippen LogP contribution < -0.4 is 0 Å². The van der Waals surface area contributed by atoms with E-state index in [1.807, 2.05) is 0 Å². The van der Waals surface area contributed by atoms with Crippen LogP contribution in [0, 0.1) is 0 Å². The van der Waals surface area contributed by atoms with E-state index in [1.54, 1.807) is 0 Å². The maximum Gasteiger partial charge on any atom is 0.138 e. The molecule has 0 radical (unpaired) electrons. The standard InChI is InChI=1S/CH4O2S2.2H2O/c1-5(2,3)4;;/h1H3,(H,2,3,4);2*1H2. The Labute approximate surface area is 46.7 Å². The van der Waals surface area contributed by atoms with Gasteiger partial charge in [0.1, 0.15) is 8.77 Å². The summed E-state index contributed by atoms with van der Waals surface area (Å²) in [6.07, 6.45) is 1.09. The highest BCUT2D eigenvalue weighted by Crippen LogP contribution is 1.63. The van der Waals surface area contributed by atoms with Crippen LogP contribution in [0.4, 0.5) is 0 Å². The number of hydrogen-bond acceptors (Lipinski definition) is 2. The van der Waals surface area contributed by atoms with Gasteiger partial charge in [-0.2, -0.15) is 0 Å². The second-order valence-electron chi connectivity index (χ2n) is 0.733. The van der Waals surface area contributed by atoms with Gasteiger partial charge in [-0.25, -0.2) is 4.21 Å². The Balaban J connectivity index is -0.0000000800. The van der Waals surface area contributed by atoms with Crippen molar-refractivity contribution in [3.8, 4) is 0 Å². The Hall–Kier alpha value is 0.250. The van der Waals surface area contributed by atoms with Gasteiger partial charge in [0.15, 0.2) is 0 Å². The van der Waals surface area contributed by atoms with Crippen LogP contribution >= 0.6 is 0 Å². The molecule has 1 atom stereocenters. The fourth-order valence-electron chi connectivity index (χ4n) is 0. The average molecular weight is 148 g/mol. The molecule has 0 fully saturated rings. The molecule has 4 nitrogen and oxygen atoms in total. The smallest absolute Gasteiger partial charge is 0.138 e. The summed E-state index contributed by atoms with van der Waals surface area (Å²) in [5.41, 5.74) is 0. The molecule has 1 unspecified atom stereocenters. The van der Waals surface area contributed by atoms with Crippen molar-refractivity contribution >= 4 is 20.0 Å². The predicted molar refractivity (Wildman–Crippen MR) is 31.3 cm³/mol. The van der Waals surface area contributed by atoms with Crippen LogP contribution in [0.1, 0.15) is 0 Å². The van der Waals surface area contributed by atoms with Crippen molar-refractivity contribution in [1.29, 1.82) is 0 Å². The van der Waals surface area contributed by atoms with Gasteiger partial charge < -0.3 is 15.5 Å². The lowest BCUT2D eigenvalue weighted by molar-refractivity contribution is 0.568. The molecule has 0 rings (SSSR count). The minimum Gasteiger partial charge on any atom is -0.412 e. The normalized spacial score (nSPS) is 15.1. The second kappa shape index (κ2) is 4.41. The van der Waals surface area contributed by atoms with Gasteiger partial charge in [0.2, 0.25) is 0 Å². The molecule has 48 valence electrons. The Morgan fingerprint density at radius 3 is 1.57 bits per heavy atom. The summed E-state index contributed by atoms with van der Waals surface area (Å²) < 4.78 is 17.4. The van der Waals surface area contributed by atoms with E-state index in [1.165, 1.54) is 0 Å². The molecule has 0 saturated heterocycles. The van der Waals surface area contributed by atoms with Crippen molar-refractivity contribution in [2.24, 2.45) is 0 Å². The van der Waals surface area contributed by atoms with Crippen LogP contribution in [0.15, 0.2) is 0 Å². The van der Waals surface area contributed by atoms with E-state index in [2.05, 4.69) is 11.2 Å². The quantitative estimate of drug-likeness (QED) is 0.438. The molecule has 0 aliphatic heterocycles.